The molecule has 1 aliphatic heterocycles. The summed E-state index contributed by atoms with van der Waals surface area (Å²) in [5.74, 6) is -0.245. The van der Waals surface area contributed by atoms with Crippen LogP contribution in [-0.4, -0.2) is 54.4 Å². The molecule has 1 saturated heterocycles. The van der Waals surface area contributed by atoms with Crippen LogP contribution in [0.4, 0.5) is 4.79 Å². The minimum absolute atomic E-state index is 0.0417. The van der Waals surface area contributed by atoms with Crippen LogP contribution in [0.15, 0.2) is 6.20 Å². The second-order valence-corrected chi connectivity index (χ2v) is 8.13. The van der Waals surface area contributed by atoms with Crippen LogP contribution in [0, 0.1) is 0 Å². The highest BCUT2D eigenvalue weighted by atomic mass is 32.1. The number of carbonyl (C=O) groups excluding carboxylic acids is 2. The lowest BCUT2D eigenvalue weighted by Gasteiger charge is -2.27. The van der Waals surface area contributed by atoms with Crippen molar-refractivity contribution in [1.29, 1.82) is 0 Å². The molecule has 140 valence electrons. The number of amides is 1. The van der Waals surface area contributed by atoms with Crippen molar-refractivity contribution in [2.75, 3.05) is 20.8 Å². The number of hydrogen-bond acceptors (Lipinski definition) is 7. The first-order valence-electron chi connectivity index (χ1n) is 8.27. The van der Waals surface area contributed by atoms with E-state index in [-0.39, 0.29) is 24.2 Å². The van der Waals surface area contributed by atoms with Gasteiger partial charge in [0.15, 0.2) is 0 Å². The number of nitrogens with zero attached hydrogens (tertiary/aromatic N) is 2. The molecule has 8 heteroatoms. The smallest absolute Gasteiger partial charge is 0.410 e. The Bertz CT molecular complexity index is 610. The number of carbonyl (C=O) groups is 2. The van der Waals surface area contributed by atoms with E-state index in [0.29, 0.717) is 25.8 Å². The molecule has 2 heterocycles. The van der Waals surface area contributed by atoms with Crippen LogP contribution in [0.2, 0.25) is 0 Å². The molecule has 0 N–H and O–H groups in total. The number of ether oxygens (including phenoxy) is 3. The molecule has 2 rings (SSSR count). The maximum absolute atomic E-state index is 12.5. The maximum atomic E-state index is 12.5. The van der Waals surface area contributed by atoms with E-state index >= 15 is 0 Å². The largest absolute Gasteiger partial charge is 0.469 e. The number of hydrogen-bond donors (Lipinski definition) is 0. The quantitative estimate of drug-likeness (QED) is 0.742. The number of aromatic nitrogens is 1. The van der Waals surface area contributed by atoms with Gasteiger partial charge in [0.05, 0.1) is 32.2 Å². The van der Waals surface area contributed by atoms with E-state index < -0.39 is 5.60 Å². The summed E-state index contributed by atoms with van der Waals surface area (Å²) in [4.78, 5) is 30.9. The van der Waals surface area contributed by atoms with E-state index in [0.717, 1.165) is 9.88 Å². The molecule has 0 unspecified atom stereocenters. The van der Waals surface area contributed by atoms with Crippen molar-refractivity contribution >= 4 is 23.4 Å². The minimum atomic E-state index is -0.554. The van der Waals surface area contributed by atoms with Crippen LogP contribution < -0.4 is 0 Å². The molecule has 0 bridgehead atoms. The Kier molecular flexibility index (Phi) is 6.40. The Balaban J connectivity index is 2.10. The second-order valence-electron chi connectivity index (χ2n) is 6.98. The Morgan fingerprint density at radius 2 is 2.08 bits per heavy atom. The van der Waals surface area contributed by atoms with Crippen LogP contribution in [0.5, 0.6) is 0 Å². The van der Waals surface area contributed by atoms with Gasteiger partial charge >= 0.3 is 12.1 Å². The summed E-state index contributed by atoms with van der Waals surface area (Å²) in [6.45, 7) is 6.02. The number of likely N-dealkylation sites (tertiary alicyclic amines) is 1. The molecular formula is C17H26N2O5S. The summed E-state index contributed by atoms with van der Waals surface area (Å²) in [6.07, 6.45) is 2.94. The van der Waals surface area contributed by atoms with Crippen molar-refractivity contribution in [1.82, 2.24) is 9.88 Å². The fourth-order valence-corrected chi connectivity index (χ4v) is 3.69. The van der Waals surface area contributed by atoms with Crippen LogP contribution in [0.1, 0.15) is 49.5 Å². The fourth-order valence-electron chi connectivity index (χ4n) is 2.64. The lowest BCUT2D eigenvalue weighted by molar-refractivity contribution is -0.140. The van der Waals surface area contributed by atoms with Gasteiger partial charge in [-0.15, -0.1) is 11.3 Å². The molecule has 1 aromatic heterocycles. The first-order valence-corrected chi connectivity index (χ1v) is 9.09. The SMILES string of the molecule is COC(=O)CCc1cnc([C@@H]2C[C@H](OC)CN2C(=O)OC(C)(C)C)s1. The molecular weight excluding hydrogens is 344 g/mol. The summed E-state index contributed by atoms with van der Waals surface area (Å²) >= 11 is 1.51. The molecule has 0 radical (unpaired) electrons. The summed E-state index contributed by atoms with van der Waals surface area (Å²) in [5, 5.41) is 0.838. The van der Waals surface area contributed by atoms with Crippen LogP contribution >= 0.6 is 11.3 Å². The maximum Gasteiger partial charge on any atom is 0.410 e. The molecule has 2 atom stereocenters. The molecule has 25 heavy (non-hydrogen) atoms. The Hall–Kier alpha value is -1.67. The van der Waals surface area contributed by atoms with Gasteiger partial charge in [0.25, 0.3) is 0 Å². The highest BCUT2D eigenvalue weighted by molar-refractivity contribution is 7.11. The first kappa shape index (κ1) is 19.7. The Labute approximate surface area is 152 Å². The lowest BCUT2D eigenvalue weighted by Crippen LogP contribution is -2.37. The molecule has 0 spiro atoms. The van der Waals surface area contributed by atoms with E-state index in [1.165, 1.54) is 18.4 Å². The van der Waals surface area contributed by atoms with E-state index in [9.17, 15) is 9.59 Å². The number of thiazole rings is 1. The van der Waals surface area contributed by atoms with Crippen LogP contribution in [0.25, 0.3) is 0 Å². The molecule has 0 saturated carbocycles. The van der Waals surface area contributed by atoms with Crippen LogP contribution in [-0.2, 0) is 25.4 Å². The van der Waals surface area contributed by atoms with Gasteiger partial charge in [-0.2, -0.15) is 0 Å². The van der Waals surface area contributed by atoms with Gasteiger partial charge in [-0.1, -0.05) is 0 Å². The van der Waals surface area contributed by atoms with E-state index in [1.54, 1.807) is 18.2 Å². The summed E-state index contributed by atoms with van der Waals surface area (Å²) < 4.78 is 15.6. The Morgan fingerprint density at radius 1 is 1.36 bits per heavy atom. The summed E-state index contributed by atoms with van der Waals surface area (Å²) in [6, 6.07) is -0.170. The van der Waals surface area contributed by atoms with Crippen molar-refractivity contribution in [2.45, 2.75) is 57.8 Å². The van der Waals surface area contributed by atoms with Gasteiger partial charge < -0.3 is 14.2 Å². The summed E-state index contributed by atoms with van der Waals surface area (Å²) in [7, 11) is 3.02. The van der Waals surface area contributed by atoms with Gasteiger partial charge in [0, 0.05) is 24.6 Å². The fraction of sp³-hybridized carbons (Fsp3) is 0.706. The van der Waals surface area contributed by atoms with Crippen molar-refractivity contribution < 1.29 is 23.8 Å². The van der Waals surface area contributed by atoms with Gasteiger partial charge in [-0.3, -0.25) is 9.69 Å². The van der Waals surface area contributed by atoms with E-state index in [4.69, 9.17) is 9.47 Å². The average Bonchev–Trinajstić information content (AvgIpc) is 3.17. The average molecular weight is 370 g/mol. The van der Waals surface area contributed by atoms with E-state index in [1.807, 2.05) is 20.8 Å². The highest BCUT2D eigenvalue weighted by Crippen LogP contribution is 2.36. The highest BCUT2D eigenvalue weighted by Gasteiger charge is 2.40. The molecule has 1 fully saturated rings. The Morgan fingerprint density at radius 3 is 2.68 bits per heavy atom. The second kappa shape index (κ2) is 8.14. The predicted molar refractivity (Wildman–Crippen MR) is 93.5 cm³/mol. The number of methoxy groups -OCH3 is 2. The molecule has 0 aliphatic carbocycles. The van der Waals surface area contributed by atoms with Crippen molar-refractivity contribution in [3.05, 3.63) is 16.1 Å². The van der Waals surface area contributed by atoms with Gasteiger partial charge in [0.1, 0.15) is 10.6 Å². The zero-order valence-corrected chi connectivity index (χ0v) is 16.2. The first-order chi connectivity index (χ1) is 11.7. The van der Waals surface area contributed by atoms with Gasteiger partial charge in [0.2, 0.25) is 0 Å². The minimum Gasteiger partial charge on any atom is -0.469 e. The molecule has 7 nitrogen and oxygen atoms in total. The normalized spacial score (nSPS) is 20.6. The summed E-state index contributed by atoms with van der Waals surface area (Å²) in [5.41, 5.74) is -0.554. The van der Waals surface area contributed by atoms with Crippen LogP contribution in [0.3, 0.4) is 0 Å². The topological polar surface area (TPSA) is 78.0 Å². The lowest BCUT2D eigenvalue weighted by atomic mass is 10.2. The predicted octanol–water partition coefficient (Wildman–Crippen LogP) is 2.95. The third-order valence-electron chi connectivity index (χ3n) is 3.88. The zero-order chi connectivity index (χ0) is 18.6. The monoisotopic (exact) mass is 370 g/mol. The third-order valence-corrected chi connectivity index (χ3v) is 5.04. The van der Waals surface area contributed by atoms with Gasteiger partial charge in [-0.25, -0.2) is 9.78 Å². The van der Waals surface area contributed by atoms with Crippen molar-refractivity contribution in [3.8, 4) is 0 Å². The molecule has 1 aliphatic rings. The molecule has 1 amide bonds. The molecule has 1 aromatic rings. The zero-order valence-electron chi connectivity index (χ0n) is 15.4. The standard InChI is InChI=1S/C17H26N2O5S/c1-17(2,3)24-16(21)19-10-11(22-4)8-13(19)15-18-9-12(25-15)6-7-14(20)23-5/h9,11,13H,6-8,10H2,1-5H3/t11-,13-/m0/s1. The van der Waals surface area contributed by atoms with Crippen molar-refractivity contribution in [3.63, 3.8) is 0 Å². The number of aryl methyl sites for hydroxylation is 1. The number of esters is 1. The van der Waals surface area contributed by atoms with Crippen molar-refractivity contribution in [2.24, 2.45) is 0 Å². The van der Waals surface area contributed by atoms with Gasteiger partial charge in [-0.05, 0) is 27.2 Å². The third kappa shape index (κ3) is 5.40. The molecule has 0 aromatic carbocycles. The number of rotatable bonds is 5. The van der Waals surface area contributed by atoms with E-state index in [2.05, 4.69) is 9.72 Å².